The van der Waals surface area contributed by atoms with E-state index in [4.69, 9.17) is 4.74 Å². The summed E-state index contributed by atoms with van der Waals surface area (Å²) >= 11 is 0. The highest BCUT2D eigenvalue weighted by molar-refractivity contribution is 5.74. The van der Waals surface area contributed by atoms with Crippen molar-refractivity contribution in [3.63, 3.8) is 0 Å². The van der Waals surface area contributed by atoms with Gasteiger partial charge >= 0.3 is 5.97 Å². The van der Waals surface area contributed by atoms with E-state index in [0.29, 0.717) is 25.7 Å². The number of hydrogen-bond donors (Lipinski definition) is 1. The largest absolute Gasteiger partial charge is 0.454 e. The van der Waals surface area contributed by atoms with Crippen molar-refractivity contribution in [2.24, 2.45) is 5.92 Å². The molecule has 0 aliphatic rings. The van der Waals surface area contributed by atoms with E-state index in [1.165, 1.54) is 0 Å². The molecule has 0 saturated carbocycles. The van der Waals surface area contributed by atoms with E-state index in [1.54, 1.807) is 6.92 Å². The van der Waals surface area contributed by atoms with Crippen molar-refractivity contribution in [3.8, 4) is 0 Å². The van der Waals surface area contributed by atoms with Gasteiger partial charge < -0.3 is 9.84 Å². The molecule has 1 rings (SSSR count). The van der Waals surface area contributed by atoms with Crippen LogP contribution in [-0.4, -0.2) is 16.7 Å². The SMILES string of the molecule is CCC(CC)(OC(=O)[C@H](C)C(O)(CC)CC)c1ccccc1. The van der Waals surface area contributed by atoms with E-state index < -0.39 is 17.1 Å². The molecule has 1 atom stereocenters. The lowest BCUT2D eigenvalue weighted by Gasteiger charge is -2.37. The van der Waals surface area contributed by atoms with Gasteiger partial charge in [0.05, 0.1) is 11.5 Å². The Morgan fingerprint density at radius 2 is 1.55 bits per heavy atom. The molecule has 0 aliphatic heterocycles. The molecule has 0 unspecified atom stereocenters. The lowest BCUT2D eigenvalue weighted by atomic mass is 9.83. The molecular weight excluding hydrogens is 276 g/mol. The number of rotatable bonds is 8. The van der Waals surface area contributed by atoms with Crippen LogP contribution in [0.5, 0.6) is 0 Å². The number of ether oxygens (including phenoxy) is 1. The lowest BCUT2D eigenvalue weighted by Crippen LogP contribution is -2.43. The molecule has 0 heterocycles. The maximum atomic E-state index is 12.6. The highest BCUT2D eigenvalue weighted by Crippen LogP contribution is 2.36. The molecular formula is C19H30O3. The van der Waals surface area contributed by atoms with Crippen molar-refractivity contribution in [1.29, 1.82) is 0 Å². The van der Waals surface area contributed by atoms with Crippen molar-refractivity contribution in [3.05, 3.63) is 35.9 Å². The minimum Gasteiger partial charge on any atom is -0.454 e. The lowest BCUT2D eigenvalue weighted by molar-refractivity contribution is -0.176. The summed E-state index contributed by atoms with van der Waals surface area (Å²) in [4.78, 5) is 12.6. The molecule has 0 bridgehead atoms. The van der Waals surface area contributed by atoms with Gasteiger partial charge in [-0.25, -0.2) is 0 Å². The Hall–Kier alpha value is -1.35. The summed E-state index contributed by atoms with van der Waals surface area (Å²) in [6.07, 6.45) is 2.50. The van der Waals surface area contributed by atoms with Gasteiger partial charge in [-0.2, -0.15) is 0 Å². The third-order valence-electron chi connectivity index (χ3n) is 5.12. The van der Waals surface area contributed by atoms with Crippen LogP contribution in [0.1, 0.15) is 65.9 Å². The predicted molar refractivity (Wildman–Crippen MR) is 89.5 cm³/mol. The number of aliphatic hydroxyl groups is 1. The van der Waals surface area contributed by atoms with Gasteiger partial charge in [0.2, 0.25) is 0 Å². The van der Waals surface area contributed by atoms with Gasteiger partial charge in [-0.1, -0.05) is 58.0 Å². The van der Waals surface area contributed by atoms with Gasteiger partial charge in [0.15, 0.2) is 0 Å². The van der Waals surface area contributed by atoms with Crippen molar-refractivity contribution < 1.29 is 14.6 Å². The smallest absolute Gasteiger partial charge is 0.312 e. The predicted octanol–water partition coefficient (Wildman–Crippen LogP) is 4.43. The van der Waals surface area contributed by atoms with Crippen LogP contribution in [0.4, 0.5) is 0 Å². The highest BCUT2D eigenvalue weighted by atomic mass is 16.6. The van der Waals surface area contributed by atoms with Crippen LogP contribution in [0, 0.1) is 5.92 Å². The standard InChI is InChI=1S/C19H30O3/c1-6-18(21,7-2)15(5)17(20)22-19(8-3,9-4)16-13-11-10-12-14-16/h10-15,21H,6-9H2,1-5H3/t15-/m0/s1. The maximum absolute atomic E-state index is 12.6. The fourth-order valence-electron chi connectivity index (χ4n) is 2.97. The topological polar surface area (TPSA) is 46.5 Å². The van der Waals surface area contributed by atoms with Gasteiger partial charge in [-0.05, 0) is 38.2 Å². The molecule has 22 heavy (non-hydrogen) atoms. The first kappa shape index (κ1) is 18.7. The Morgan fingerprint density at radius 1 is 1.05 bits per heavy atom. The van der Waals surface area contributed by atoms with Gasteiger partial charge in [-0.3, -0.25) is 4.79 Å². The molecule has 0 spiro atoms. The second kappa shape index (κ2) is 7.77. The monoisotopic (exact) mass is 306 g/mol. The Labute approximate surface area is 134 Å². The van der Waals surface area contributed by atoms with Crippen LogP contribution in [0.25, 0.3) is 0 Å². The van der Waals surface area contributed by atoms with Crippen LogP contribution >= 0.6 is 0 Å². The summed E-state index contributed by atoms with van der Waals surface area (Å²) in [5, 5.41) is 10.6. The molecule has 0 aromatic heterocycles. The van der Waals surface area contributed by atoms with Gasteiger partial charge in [0.1, 0.15) is 5.60 Å². The molecule has 0 fully saturated rings. The first-order valence-electron chi connectivity index (χ1n) is 8.39. The summed E-state index contributed by atoms with van der Waals surface area (Å²) in [6.45, 7) is 9.62. The van der Waals surface area contributed by atoms with Crippen LogP contribution < -0.4 is 0 Å². The van der Waals surface area contributed by atoms with E-state index >= 15 is 0 Å². The molecule has 0 amide bonds. The average Bonchev–Trinajstić information content (AvgIpc) is 2.58. The fraction of sp³-hybridized carbons (Fsp3) is 0.632. The molecule has 1 N–H and O–H groups in total. The molecule has 3 nitrogen and oxygen atoms in total. The normalized spacial score (nSPS) is 13.7. The zero-order valence-electron chi connectivity index (χ0n) is 14.6. The van der Waals surface area contributed by atoms with Crippen molar-refractivity contribution in [1.82, 2.24) is 0 Å². The Bertz CT molecular complexity index is 459. The maximum Gasteiger partial charge on any atom is 0.312 e. The van der Waals surface area contributed by atoms with E-state index in [-0.39, 0.29) is 5.97 Å². The van der Waals surface area contributed by atoms with Gasteiger partial charge in [-0.15, -0.1) is 0 Å². The Balaban J connectivity index is 3.04. The van der Waals surface area contributed by atoms with Gasteiger partial charge in [0.25, 0.3) is 0 Å². The van der Waals surface area contributed by atoms with Crippen molar-refractivity contribution in [2.75, 3.05) is 0 Å². The number of hydrogen-bond acceptors (Lipinski definition) is 3. The van der Waals surface area contributed by atoms with E-state index in [1.807, 2.05) is 58.0 Å². The highest BCUT2D eigenvalue weighted by Gasteiger charge is 2.40. The quantitative estimate of drug-likeness (QED) is 0.723. The number of esters is 1. The molecule has 0 radical (unpaired) electrons. The zero-order valence-corrected chi connectivity index (χ0v) is 14.6. The van der Waals surface area contributed by atoms with Crippen LogP contribution in [0.15, 0.2) is 30.3 Å². The van der Waals surface area contributed by atoms with Crippen LogP contribution in [0.2, 0.25) is 0 Å². The molecule has 3 heteroatoms. The molecule has 1 aromatic carbocycles. The third kappa shape index (κ3) is 3.70. The zero-order chi connectivity index (χ0) is 16.8. The Kier molecular flexibility index (Phi) is 6.61. The summed E-state index contributed by atoms with van der Waals surface area (Å²) in [6, 6.07) is 9.87. The first-order valence-corrected chi connectivity index (χ1v) is 8.39. The fourth-order valence-corrected chi connectivity index (χ4v) is 2.97. The molecule has 0 saturated heterocycles. The van der Waals surface area contributed by atoms with Crippen LogP contribution in [0.3, 0.4) is 0 Å². The van der Waals surface area contributed by atoms with Crippen molar-refractivity contribution in [2.45, 2.75) is 71.5 Å². The molecule has 0 aliphatic carbocycles. The van der Waals surface area contributed by atoms with E-state index in [2.05, 4.69) is 0 Å². The van der Waals surface area contributed by atoms with E-state index in [0.717, 1.165) is 5.56 Å². The summed E-state index contributed by atoms with van der Waals surface area (Å²) in [5.41, 5.74) is -0.604. The third-order valence-corrected chi connectivity index (χ3v) is 5.12. The summed E-state index contributed by atoms with van der Waals surface area (Å²) < 4.78 is 5.94. The second-order valence-electron chi connectivity index (χ2n) is 6.02. The summed E-state index contributed by atoms with van der Waals surface area (Å²) in [5.74, 6) is -0.859. The molecule has 124 valence electrons. The number of benzene rings is 1. The molecule has 1 aromatic rings. The average molecular weight is 306 g/mol. The number of carbonyl (C=O) groups excluding carboxylic acids is 1. The Morgan fingerprint density at radius 3 is 1.95 bits per heavy atom. The minimum absolute atomic E-state index is 0.321. The van der Waals surface area contributed by atoms with Gasteiger partial charge in [0, 0.05) is 0 Å². The van der Waals surface area contributed by atoms with E-state index in [9.17, 15) is 9.90 Å². The second-order valence-corrected chi connectivity index (χ2v) is 6.02. The van der Waals surface area contributed by atoms with Crippen LogP contribution in [-0.2, 0) is 15.1 Å². The van der Waals surface area contributed by atoms with Crippen molar-refractivity contribution >= 4 is 5.97 Å². The number of carbonyl (C=O) groups is 1. The minimum atomic E-state index is -0.999. The summed E-state index contributed by atoms with van der Waals surface area (Å²) in [7, 11) is 0. The first-order chi connectivity index (χ1) is 10.4.